The lowest BCUT2D eigenvalue weighted by Crippen LogP contribution is -2.32. The quantitative estimate of drug-likeness (QED) is 0.762. The zero-order chi connectivity index (χ0) is 9.84. The van der Waals surface area contributed by atoms with Gasteiger partial charge in [-0.15, -0.1) is 11.3 Å². The number of hydrogen-bond donors (Lipinski definition) is 2. The Bertz CT molecular complexity index is 295. The minimum atomic E-state index is -0.492. The smallest absolute Gasteiger partial charge is 0.242 e. The third kappa shape index (κ3) is 2.78. The number of nitrogens with zero attached hydrogens (tertiary/aromatic N) is 1. The molecule has 0 aliphatic heterocycles. The summed E-state index contributed by atoms with van der Waals surface area (Å²) in [5.74, 6) is -0.197. The first kappa shape index (κ1) is 10.1. The van der Waals surface area contributed by atoms with Gasteiger partial charge in [0.1, 0.15) is 0 Å². The van der Waals surface area contributed by atoms with Gasteiger partial charge < -0.3 is 11.1 Å². The molecule has 13 heavy (non-hydrogen) atoms. The number of carbonyl (C=O) groups is 1. The van der Waals surface area contributed by atoms with E-state index in [9.17, 15) is 4.79 Å². The van der Waals surface area contributed by atoms with E-state index in [0.717, 1.165) is 12.1 Å². The van der Waals surface area contributed by atoms with Gasteiger partial charge >= 0.3 is 0 Å². The van der Waals surface area contributed by atoms with E-state index in [-0.39, 0.29) is 5.91 Å². The van der Waals surface area contributed by atoms with Crippen molar-refractivity contribution in [3.8, 4) is 0 Å². The Hall–Kier alpha value is -0.940. The van der Waals surface area contributed by atoms with Crippen molar-refractivity contribution in [3.63, 3.8) is 0 Å². The molecule has 1 atom stereocenters. The van der Waals surface area contributed by atoms with Crippen molar-refractivity contribution in [2.24, 2.45) is 5.73 Å². The number of thiazole rings is 1. The predicted molar refractivity (Wildman–Crippen MR) is 53.8 cm³/mol. The Kier molecular flexibility index (Phi) is 3.39. The van der Waals surface area contributed by atoms with Gasteiger partial charge in [-0.1, -0.05) is 6.92 Å². The highest BCUT2D eigenvalue weighted by Gasteiger charge is 2.09. The van der Waals surface area contributed by atoms with Crippen LogP contribution in [0.4, 0.5) is 5.13 Å². The van der Waals surface area contributed by atoms with E-state index < -0.39 is 6.04 Å². The van der Waals surface area contributed by atoms with Gasteiger partial charge in [-0.3, -0.25) is 4.79 Å². The van der Waals surface area contributed by atoms with Crippen LogP contribution >= 0.6 is 11.3 Å². The number of amides is 1. The third-order valence-corrected chi connectivity index (χ3v) is 2.36. The van der Waals surface area contributed by atoms with Crippen molar-refractivity contribution in [3.05, 3.63) is 11.1 Å². The maximum absolute atomic E-state index is 11.1. The van der Waals surface area contributed by atoms with Gasteiger partial charge in [-0.25, -0.2) is 4.98 Å². The average molecular weight is 199 g/mol. The summed E-state index contributed by atoms with van der Waals surface area (Å²) in [7, 11) is 0. The van der Waals surface area contributed by atoms with Crippen LogP contribution in [0.2, 0.25) is 0 Å². The van der Waals surface area contributed by atoms with Crippen LogP contribution in [-0.2, 0) is 11.2 Å². The molecule has 3 N–H and O–H groups in total. The summed E-state index contributed by atoms with van der Waals surface area (Å²) in [5, 5.41) is 5.19. The molecule has 0 fully saturated rings. The van der Waals surface area contributed by atoms with Gasteiger partial charge in [-0.05, 0) is 13.3 Å². The van der Waals surface area contributed by atoms with Gasteiger partial charge in [0.25, 0.3) is 0 Å². The largest absolute Gasteiger partial charge is 0.320 e. The number of aryl methyl sites for hydroxylation is 1. The molecule has 0 aliphatic rings. The van der Waals surface area contributed by atoms with Crippen molar-refractivity contribution >= 4 is 22.4 Å². The van der Waals surface area contributed by atoms with Gasteiger partial charge in [0.2, 0.25) is 5.91 Å². The summed E-state index contributed by atoms with van der Waals surface area (Å²) < 4.78 is 0. The van der Waals surface area contributed by atoms with E-state index in [0.29, 0.717) is 5.13 Å². The van der Waals surface area contributed by atoms with Crippen LogP contribution in [0.15, 0.2) is 5.38 Å². The average Bonchev–Trinajstić information content (AvgIpc) is 2.52. The lowest BCUT2D eigenvalue weighted by molar-refractivity contribution is -0.117. The van der Waals surface area contributed by atoms with E-state index >= 15 is 0 Å². The fraction of sp³-hybridized carbons (Fsp3) is 0.500. The standard InChI is InChI=1S/C8H13N3OS/c1-3-6-4-13-8(10-6)11-7(12)5(2)9/h4-5H,3,9H2,1-2H3,(H,10,11,12). The summed E-state index contributed by atoms with van der Waals surface area (Å²) in [4.78, 5) is 15.3. The van der Waals surface area contributed by atoms with Crippen LogP contribution in [0.3, 0.4) is 0 Å². The molecule has 0 aliphatic carbocycles. The number of nitrogens with one attached hydrogen (secondary N) is 1. The molecule has 0 aromatic carbocycles. The Labute approximate surface area is 81.2 Å². The van der Waals surface area contributed by atoms with Gasteiger partial charge in [0.15, 0.2) is 5.13 Å². The van der Waals surface area contributed by atoms with E-state index in [1.165, 1.54) is 11.3 Å². The first-order chi connectivity index (χ1) is 6.13. The lowest BCUT2D eigenvalue weighted by Gasteiger charge is -2.03. The summed E-state index contributed by atoms with van der Waals surface area (Å²) in [5.41, 5.74) is 6.38. The summed E-state index contributed by atoms with van der Waals surface area (Å²) in [6.45, 7) is 3.66. The molecule has 1 amide bonds. The van der Waals surface area contributed by atoms with Crippen LogP contribution in [0.1, 0.15) is 19.5 Å². The van der Waals surface area contributed by atoms with Crippen LogP contribution in [0.25, 0.3) is 0 Å². The van der Waals surface area contributed by atoms with Gasteiger partial charge in [-0.2, -0.15) is 0 Å². The Morgan fingerprint density at radius 2 is 2.54 bits per heavy atom. The molecular weight excluding hydrogens is 186 g/mol. The molecule has 0 bridgehead atoms. The van der Waals surface area contributed by atoms with Crippen LogP contribution in [0, 0.1) is 0 Å². The molecule has 1 aromatic rings. The predicted octanol–water partition coefficient (Wildman–Crippen LogP) is 0.991. The highest BCUT2D eigenvalue weighted by molar-refractivity contribution is 7.13. The SMILES string of the molecule is CCc1csc(NC(=O)C(C)N)n1. The number of hydrogen-bond acceptors (Lipinski definition) is 4. The molecular formula is C8H13N3OS. The monoisotopic (exact) mass is 199 g/mol. The molecule has 1 unspecified atom stereocenters. The normalized spacial score (nSPS) is 12.5. The molecule has 5 heteroatoms. The lowest BCUT2D eigenvalue weighted by atomic mass is 10.3. The molecule has 0 radical (unpaired) electrons. The number of aromatic nitrogens is 1. The van der Waals surface area contributed by atoms with E-state index in [4.69, 9.17) is 5.73 Å². The van der Waals surface area contributed by atoms with Crippen LogP contribution < -0.4 is 11.1 Å². The maximum atomic E-state index is 11.1. The van der Waals surface area contributed by atoms with E-state index in [2.05, 4.69) is 10.3 Å². The first-order valence-corrected chi connectivity index (χ1v) is 5.02. The Morgan fingerprint density at radius 1 is 1.85 bits per heavy atom. The second kappa shape index (κ2) is 4.34. The molecule has 1 aromatic heterocycles. The van der Waals surface area contributed by atoms with Crippen molar-refractivity contribution in [2.45, 2.75) is 26.3 Å². The zero-order valence-corrected chi connectivity index (χ0v) is 8.52. The van der Waals surface area contributed by atoms with Gasteiger partial charge in [0, 0.05) is 5.38 Å². The molecule has 1 rings (SSSR count). The second-order valence-electron chi connectivity index (χ2n) is 2.78. The summed E-state index contributed by atoms with van der Waals surface area (Å²) >= 11 is 1.42. The second-order valence-corrected chi connectivity index (χ2v) is 3.63. The number of nitrogens with two attached hydrogens (primary N) is 1. The molecule has 1 heterocycles. The maximum Gasteiger partial charge on any atom is 0.242 e. The molecule has 0 saturated carbocycles. The number of rotatable bonds is 3. The fourth-order valence-corrected chi connectivity index (χ4v) is 1.54. The van der Waals surface area contributed by atoms with Crippen LogP contribution in [0.5, 0.6) is 0 Å². The third-order valence-electron chi connectivity index (χ3n) is 1.56. The fourth-order valence-electron chi connectivity index (χ4n) is 0.746. The molecule has 0 saturated heterocycles. The van der Waals surface area contributed by atoms with Crippen molar-refractivity contribution < 1.29 is 4.79 Å². The molecule has 4 nitrogen and oxygen atoms in total. The number of anilines is 1. The summed E-state index contributed by atoms with van der Waals surface area (Å²) in [6, 6.07) is -0.492. The van der Waals surface area contributed by atoms with E-state index in [1.807, 2.05) is 12.3 Å². The number of carbonyl (C=O) groups excluding carboxylic acids is 1. The highest BCUT2D eigenvalue weighted by Crippen LogP contribution is 2.15. The minimum absolute atomic E-state index is 0.197. The molecule has 72 valence electrons. The van der Waals surface area contributed by atoms with Crippen molar-refractivity contribution in [2.75, 3.05) is 5.32 Å². The minimum Gasteiger partial charge on any atom is -0.320 e. The first-order valence-electron chi connectivity index (χ1n) is 4.14. The summed E-state index contributed by atoms with van der Waals surface area (Å²) in [6.07, 6.45) is 0.880. The topological polar surface area (TPSA) is 68.0 Å². The van der Waals surface area contributed by atoms with Gasteiger partial charge in [0.05, 0.1) is 11.7 Å². The van der Waals surface area contributed by atoms with Crippen molar-refractivity contribution in [1.29, 1.82) is 0 Å². The van der Waals surface area contributed by atoms with E-state index in [1.54, 1.807) is 6.92 Å². The zero-order valence-electron chi connectivity index (χ0n) is 7.70. The van der Waals surface area contributed by atoms with Crippen molar-refractivity contribution in [1.82, 2.24) is 4.98 Å². The van der Waals surface area contributed by atoms with Crippen LogP contribution in [-0.4, -0.2) is 16.9 Å². The Morgan fingerprint density at radius 3 is 3.00 bits per heavy atom. The highest BCUT2D eigenvalue weighted by atomic mass is 32.1. The Balaban J connectivity index is 2.59. The molecule has 0 spiro atoms.